The smallest absolute Gasteiger partial charge is 0.316 e. The minimum atomic E-state index is -3.80. The highest BCUT2D eigenvalue weighted by Crippen LogP contribution is 2.26. The van der Waals surface area contributed by atoms with Gasteiger partial charge in [-0.1, -0.05) is 37.2 Å². The van der Waals surface area contributed by atoms with E-state index in [-0.39, 0.29) is 22.5 Å². The van der Waals surface area contributed by atoms with Crippen molar-refractivity contribution in [1.82, 2.24) is 24.4 Å². The molecule has 0 amide bonds. The molecular formula is C22H23N5O5S. The molecule has 0 aliphatic carbocycles. The molecule has 0 radical (unpaired) electrons. The van der Waals surface area contributed by atoms with Gasteiger partial charge in [-0.05, 0) is 43.2 Å². The third-order valence-electron chi connectivity index (χ3n) is 5.26. The Bertz CT molecular complexity index is 1520. The van der Waals surface area contributed by atoms with Gasteiger partial charge in [-0.2, -0.15) is 9.71 Å². The van der Waals surface area contributed by atoms with Crippen LogP contribution in [0.3, 0.4) is 0 Å². The zero-order valence-electron chi connectivity index (χ0n) is 18.3. The Hall–Kier alpha value is -3.57. The molecule has 33 heavy (non-hydrogen) atoms. The molecule has 0 fully saturated rings. The molecule has 11 heteroatoms. The fraction of sp³-hybridized carbons (Fsp3) is 0.273. The second-order valence-corrected chi connectivity index (χ2v) is 9.56. The molecule has 0 saturated carbocycles. The summed E-state index contributed by atoms with van der Waals surface area (Å²) in [6.07, 6.45) is 0. The van der Waals surface area contributed by atoms with Crippen molar-refractivity contribution in [3.05, 3.63) is 75.1 Å². The monoisotopic (exact) mass is 469 g/mol. The van der Waals surface area contributed by atoms with Gasteiger partial charge in [0.15, 0.2) is 0 Å². The van der Waals surface area contributed by atoms with Crippen LogP contribution in [0.25, 0.3) is 22.4 Å². The predicted octanol–water partition coefficient (Wildman–Crippen LogP) is 2.44. The van der Waals surface area contributed by atoms with Crippen LogP contribution in [0, 0.1) is 5.92 Å². The second-order valence-electron chi connectivity index (χ2n) is 7.85. The van der Waals surface area contributed by atoms with E-state index in [9.17, 15) is 18.0 Å². The standard InChI is InChI=1S/C22H23N5O5S/c1-4-27-17-11-10-14(12-16(17)23-20(28)22(27)29)19-24-21(32-25-19)18(13(2)3)26-33(30,31)15-8-6-5-7-9-15/h5-13,18,26H,4H2,1-3H3,(H,23,28)/t18-/m1/s1. The van der Waals surface area contributed by atoms with Crippen LogP contribution in [0.1, 0.15) is 32.7 Å². The van der Waals surface area contributed by atoms with Gasteiger partial charge < -0.3 is 14.1 Å². The van der Waals surface area contributed by atoms with Gasteiger partial charge in [0.1, 0.15) is 6.04 Å². The Kier molecular flexibility index (Phi) is 6.00. The van der Waals surface area contributed by atoms with Crippen LogP contribution in [0.4, 0.5) is 0 Å². The summed E-state index contributed by atoms with van der Waals surface area (Å²) in [5, 5.41) is 4.00. The maximum Gasteiger partial charge on any atom is 0.316 e. The molecule has 4 aromatic rings. The van der Waals surface area contributed by atoms with E-state index < -0.39 is 27.2 Å². The van der Waals surface area contributed by atoms with Crippen molar-refractivity contribution in [2.24, 2.45) is 5.92 Å². The van der Waals surface area contributed by atoms with Crippen LogP contribution in [-0.4, -0.2) is 28.1 Å². The highest BCUT2D eigenvalue weighted by Gasteiger charge is 2.28. The van der Waals surface area contributed by atoms with Crippen molar-refractivity contribution in [3.63, 3.8) is 0 Å². The molecule has 172 valence electrons. The van der Waals surface area contributed by atoms with E-state index in [2.05, 4.69) is 19.8 Å². The molecule has 0 aliphatic rings. The molecule has 0 unspecified atom stereocenters. The lowest BCUT2D eigenvalue weighted by Crippen LogP contribution is -2.35. The minimum Gasteiger partial charge on any atom is -0.337 e. The minimum absolute atomic E-state index is 0.117. The van der Waals surface area contributed by atoms with Crippen LogP contribution in [0.5, 0.6) is 0 Å². The summed E-state index contributed by atoms with van der Waals surface area (Å²) in [6.45, 7) is 5.81. The van der Waals surface area contributed by atoms with Crippen molar-refractivity contribution in [2.45, 2.75) is 38.3 Å². The lowest BCUT2D eigenvalue weighted by atomic mass is 10.1. The van der Waals surface area contributed by atoms with E-state index in [1.165, 1.54) is 16.7 Å². The van der Waals surface area contributed by atoms with Crippen LogP contribution >= 0.6 is 0 Å². The van der Waals surface area contributed by atoms with E-state index in [4.69, 9.17) is 4.52 Å². The van der Waals surface area contributed by atoms with Crippen molar-refractivity contribution in [3.8, 4) is 11.4 Å². The molecule has 0 bridgehead atoms. The van der Waals surface area contributed by atoms with Gasteiger partial charge in [-0.3, -0.25) is 9.59 Å². The van der Waals surface area contributed by atoms with Gasteiger partial charge in [0, 0.05) is 12.1 Å². The fourth-order valence-corrected chi connectivity index (χ4v) is 4.88. The summed E-state index contributed by atoms with van der Waals surface area (Å²) in [5.41, 5.74) is 0.235. The van der Waals surface area contributed by atoms with E-state index in [0.717, 1.165) is 0 Å². The number of rotatable bonds is 7. The third kappa shape index (κ3) is 4.37. The van der Waals surface area contributed by atoms with E-state index >= 15 is 0 Å². The Morgan fingerprint density at radius 1 is 1.12 bits per heavy atom. The molecule has 2 aromatic heterocycles. The first-order chi connectivity index (χ1) is 15.7. The predicted molar refractivity (Wildman–Crippen MR) is 122 cm³/mol. The molecule has 1 atom stereocenters. The SMILES string of the molecule is CCn1c(=O)c(=O)[nH]c2cc(-c3noc([C@H](NS(=O)(=O)c4ccccc4)C(C)C)n3)ccc21. The second kappa shape index (κ2) is 8.75. The lowest BCUT2D eigenvalue weighted by molar-refractivity contribution is 0.311. The maximum absolute atomic E-state index is 12.8. The van der Waals surface area contributed by atoms with Crippen LogP contribution in [0.15, 0.2) is 67.5 Å². The van der Waals surface area contributed by atoms with Gasteiger partial charge in [0.05, 0.1) is 15.9 Å². The summed E-state index contributed by atoms with van der Waals surface area (Å²) in [4.78, 5) is 31.1. The molecule has 2 aromatic carbocycles. The molecule has 0 spiro atoms. The molecule has 0 saturated heterocycles. The molecular weight excluding hydrogens is 446 g/mol. The lowest BCUT2D eigenvalue weighted by Gasteiger charge is -2.18. The Labute approximate surface area is 189 Å². The molecule has 2 heterocycles. The van der Waals surface area contributed by atoms with E-state index in [1.54, 1.807) is 43.3 Å². The number of nitrogens with zero attached hydrogens (tertiary/aromatic N) is 3. The third-order valence-corrected chi connectivity index (χ3v) is 6.72. The first-order valence-corrected chi connectivity index (χ1v) is 11.9. The average molecular weight is 470 g/mol. The van der Waals surface area contributed by atoms with Crippen LogP contribution < -0.4 is 15.8 Å². The number of hydrogen-bond acceptors (Lipinski definition) is 7. The van der Waals surface area contributed by atoms with Gasteiger partial charge in [-0.25, -0.2) is 8.42 Å². The number of nitrogens with one attached hydrogen (secondary N) is 2. The quantitative estimate of drug-likeness (QED) is 0.396. The number of H-pyrrole nitrogens is 1. The number of hydrogen-bond donors (Lipinski definition) is 2. The Balaban J connectivity index is 1.70. The molecule has 2 N–H and O–H groups in total. The summed E-state index contributed by atoms with van der Waals surface area (Å²) in [6, 6.07) is 12.3. The van der Waals surface area contributed by atoms with Crippen molar-refractivity contribution >= 4 is 21.1 Å². The van der Waals surface area contributed by atoms with Gasteiger partial charge in [0.2, 0.25) is 21.7 Å². The first kappa shape index (κ1) is 22.6. The Morgan fingerprint density at radius 2 is 1.85 bits per heavy atom. The number of aromatic nitrogens is 4. The number of fused-ring (bicyclic) bond motifs is 1. The Morgan fingerprint density at radius 3 is 2.52 bits per heavy atom. The van der Waals surface area contributed by atoms with Gasteiger partial charge in [-0.15, -0.1) is 0 Å². The van der Waals surface area contributed by atoms with Gasteiger partial charge >= 0.3 is 11.1 Å². The van der Waals surface area contributed by atoms with Crippen LogP contribution in [-0.2, 0) is 16.6 Å². The summed E-state index contributed by atoms with van der Waals surface area (Å²) >= 11 is 0. The first-order valence-electron chi connectivity index (χ1n) is 10.4. The summed E-state index contributed by atoms with van der Waals surface area (Å²) < 4.78 is 35.0. The average Bonchev–Trinajstić information content (AvgIpc) is 3.28. The molecule has 0 aliphatic heterocycles. The van der Waals surface area contributed by atoms with E-state index in [0.29, 0.717) is 23.1 Å². The maximum atomic E-state index is 12.8. The van der Waals surface area contributed by atoms with Crippen molar-refractivity contribution in [2.75, 3.05) is 0 Å². The van der Waals surface area contributed by atoms with E-state index in [1.807, 2.05) is 13.8 Å². The largest absolute Gasteiger partial charge is 0.337 e. The number of sulfonamides is 1. The molecule has 4 rings (SSSR count). The molecule has 10 nitrogen and oxygen atoms in total. The van der Waals surface area contributed by atoms with Crippen LogP contribution in [0.2, 0.25) is 0 Å². The topological polar surface area (TPSA) is 140 Å². The van der Waals surface area contributed by atoms with Crippen molar-refractivity contribution in [1.29, 1.82) is 0 Å². The highest BCUT2D eigenvalue weighted by molar-refractivity contribution is 7.89. The zero-order valence-corrected chi connectivity index (χ0v) is 19.1. The summed E-state index contributed by atoms with van der Waals surface area (Å²) in [7, 11) is -3.80. The highest BCUT2D eigenvalue weighted by atomic mass is 32.2. The summed E-state index contributed by atoms with van der Waals surface area (Å²) in [5.74, 6) is 0.168. The number of aromatic amines is 1. The van der Waals surface area contributed by atoms with Crippen molar-refractivity contribution < 1.29 is 12.9 Å². The fourth-order valence-electron chi connectivity index (χ4n) is 3.52. The van der Waals surface area contributed by atoms with Gasteiger partial charge in [0.25, 0.3) is 0 Å². The zero-order chi connectivity index (χ0) is 23.8. The number of benzene rings is 2. The number of aryl methyl sites for hydroxylation is 1. The normalized spacial score (nSPS) is 13.0.